The summed E-state index contributed by atoms with van der Waals surface area (Å²) < 4.78 is 4.94. The van der Waals surface area contributed by atoms with Crippen molar-refractivity contribution < 1.29 is 14.3 Å². The van der Waals surface area contributed by atoms with Crippen LogP contribution in [-0.2, 0) is 11.3 Å². The van der Waals surface area contributed by atoms with E-state index < -0.39 is 0 Å². The van der Waals surface area contributed by atoms with Gasteiger partial charge < -0.3 is 15.0 Å². The predicted molar refractivity (Wildman–Crippen MR) is 130 cm³/mol. The maximum absolute atomic E-state index is 13.2. The minimum atomic E-state index is -0.318. The summed E-state index contributed by atoms with van der Waals surface area (Å²) >= 11 is 0. The first-order valence-electron chi connectivity index (χ1n) is 12.4. The molecule has 9 nitrogen and oxygen atoms in total. The average Bonchev–Trinajstić information content (AvgIpc) is 3.33. The third-order valence-corrected chi connectivity index (χ3v) is 7.35. The number of piperidine rings is 2. The number of ether oxygens (including phenoxy) is 1. The minimum absolute atomic E-state index is 0.00867. The largest absolute Gasteiger partial charge is 0.465 e. The Morgan fingerprint density at radius 1 is 1.06 bits per heavy atom. The molecule has 1 N–H and O–H groups in total. The van der Waals surface area contributed by atoms with Gasteiger partial charge in [0.15, 0.2) is 0 Å². The summed E-state index contributed by atoms with van der Waals surface area (Å²) in [6.07, 6.45) is 6.35. The van der Waals surface area contributed by atoms with E-state index in [2.05, 4.69) is 25.4 Å². The molecule has 3 aliphatic heterocycles. The molecule has 3 aliphatic rings. The first-order chi connectivity index (χ1) is 17.1. The molecule has 35 heavy (non-hydrogen) atoms. The first kappa shape index (κ1) is 23.4. The van der Waals surface area contributed by atoms with Crippen LogP contribution in [0.2, 0.25) is 0 Å². The summed E-state index contributed by atoms with van der Waals surface area (Å²) in [6.45, 7) is 3.69. The number of fused-ring (bicyclic) bond motifs is 1. The van der Waals surface area contributed by atoms with Crippen molar-refractivity contribution in [3.8, 4) is 0 Å². The van der Waals surface area contributed by atoms with Gasteiger partial charge in [-0.2, -0.15) is 10.2 Å². The standard InChI is InChI=1S/C26H32N6O3/c1-35-25(33)21-7-3-2-5-19(21)15-31-13-4-6-20(16-31)28-26(34)32-14-10-23-22(17-32)24(30-29-23)18-8-11-27-12-9-18/h2-3,5,7-9,11-12,20,22-24H,4,6,10,13-17H2,1H3,(H,28,34). The topological polar surface area (TPSA) is 99.5 Å². The third kappa shape index (κ3) is 5.19. The Kier molecular flexibility index (Phi) is 7.03. The fraction of sp³-hybridized carbons (Fsp3) is 0.500. The van der Waals surface area contributed by atoms with Gasteiger partial charge in [0.2, 0.25) is 0 Å². The van der Waals surface area contributed by atoms with E-state index in [9.17, 15) is 9.59 Å². The van der Waals surface area contributed by atoms with Crippen LogP contribution in [0.5, 0.6) is 0 Å². The lowest BCUT2D eigenvalue weighted by molar-refractivity contribution is 0.0597. The number of nitrogens with one attached hydrogen (secondary N) is 1. The zero-order valence-electron chi connectivity index (χ0n) is 20.0. The zero-order chi connectivity index (χ0) is 24.2. The normalized spacial score (nSPS) is 26.3. The van der Waals surface area contributed by atoms with Crippen LogP contribution in [0.25, 0.3) is 0 Å². The van der Waals surface area contributed by atoms with Crippen molar-refractivity contribution >= 4 is 12.0 Å². The number of carbonyl (C=O) groups is 2. The predicted octanol–water partition coefficient (Wildman–Crippen LogP) is 3.44. The number of hydrogen-bond donors (Lipinski definition) is 1. The SMILES string of the molecule is COC(=O)c1ccccc1CN1CCCC(NC(=O)N2CCC3N=NC(c4ccncc4)C3C2)C1. The minimum Gasteiger partial charge on any atom is -0.465 e. The number of azo groups is 1. The van der Waals surface area contributed by atoms with Crippen LogP contribution in [0.4, 0.5) is 4.79 Å². The Morgan fingerprint density at radius 3 is 2.71 bits per heavy atom. The molecule has 1 aromatic heterocycles. The molecule has 0 radical (unpaired) electrons. The van der Waals surface area contributed by atoms with Gasteiger partial charge in [0, 0.05) is 50.5 Å². The number of hydrogen-bond acceptors (Lipinski definition) is 7. The molecule has 4 unspecified atom stereocenters. The molecule has 2 saturated heterocycles. The molecular weight excluding hydrogens is 444 g/mol. The number of methoxy groups -OCH3 is 1. The van der Waals surface area contributed by atoms with Crippen molar-refractivity contribution in [2.45, 2.75) is 43.9 Å². The highest BCUT2D eigenvalue weighted by molar-refractivity contribution is 5.90. The van der Waals surface area contributed by atoms with E-state index in [1.165, 1.54) is 7.11 Å². The number of esters is 1. The Morgan fingerprint density at radius 2 is 1.89 bits per heavy atom. The molecule has 9 heteroatoms. The van der Waals surface area contributed by atoms with Crippen molar-refractivity contribution in [1.29, 1.82) is 0 Å². The van der Waals surface area contributed by atoms with Crippen molar-refractivity contribution in [1.82, 2.24) is 20.1 Å². The summed E-state index contributed by atoms with van der Waals surface area (Å²) in [5.41, 5.74) is 2.65. The molecular formula is C26H32N6O3. The maximum atomic E-state index is 13.2. The van der Waals surface area contributed by atoms with Crippen LogP contribution in [0.1, 0.15) is 46.8 Å². The number of urea groups is 1. The number of pyridine rings is 1. The lowest BCUT2D eigenvalue weighted by atomic mass is 9.85. The van der Waals surface area contributed by atoms with Crippen molar-refractivity contribution in [3.05, 3.63) is 65.5 Å². The van der Waals surface area contributed by atoms with Gasteiger partial charge >= 0.3 is 12.0 Å². The van der Waals surface area contributed by atoms with Crippen molar-refractivity contribution in [2.75, 3.05) is 33.3 Å². The van der Waals surface area contributed by atoms with E-state index in [-0.39, 0.29) is 36.0 Å². The van der Waals surface area contributed by atoms with Gasteiger partial charge in [-0.1, -0.05) is 18.2 Å². The number of benzene rings is 1. The monoisotopic (exact) mass is 476 g/mol. The zero-order valence-corrected chi connectivity index (χ0v) is 20.0. The molecule has 184 valence electrons. The Hall–Kier alpha value is -3.33. The molecule has 0 bridgehead atoms. The smallest absolute Gasteiger partial charge is 0.338 e. The van der Waals surface area contributed by atoms with Crippen LogP contribution < -0.4 is 5.32 Å². The van der Waals surface area contributed by atoms with E-state index in [0.29, 0.717) is 25.2 Å². The van der Waals surface area contributed by atoms with Gasteiger partial charge in [0.1, 0.15) is 6.04 Å². The number of rotatable bonds is 5. The van der Waals surface area contributed by atoms with Gasteiger partial charge in [-0.25, -0.2) is 9.59 Å². The highest BCUT2D eigenvalue weighted by atomic mass is 16.5. The molecule has 0 saturated carbocycles. The maximum Gasteiger partial charge on any atom is 0.338 e. The second kappa shape index (κ2) is 10.5. The van der Waals surface area contributed by atoms with Gasteiger partial charge in [-0.05, 0) is 55.1 Å². The summed E-state index contributed by atoms with van der Waals surface area (Å²) in [7, 11) is 1.40. The quantitative estimate of drug-likeness (QED) is 0.667. The number of amides is 2. The number of carbonyl (C=O) groups excluding carboxylic acids is 2. The molecule has 4 atom stereocenters. The molecule has 2 aromatic rings. The van der Waals surface area contributed by atoms with Crippen molar-refractivity contribution in [3.63, 3.8) is 0 Å². The van der Waals surface area contributed by atoms with Crippen LogP contribution >= 0.6 is 0 Å². The fourth-order valence-corrected chi connectivity index (χ4v) is 5.52. The highest BCUT2D eigenvalue weighted by Gasteiger charge is 2.41. The van der Waals surface area contributed by atoms with Crippen molar-refractivity contribution in [2.24, 2.45) is 16.1 Å². The summed E-state index contributed by atoms with van der Waals surface area (Å²) in [5.74, 6) is -0.115. The van der Waals surface area contributed by atoms with E-state index in [1.54, 1.807) is 18.5 Å². The van der Waals surface area contributed by atoms with Gasteiger partial charge in [-0.3, -0.25) is 9.88 Å². The Labute approximate surface area is 205 Å². The van der Waals surface area contributed by atoms with Gasteiger partial charge in [-0.15, -0.1) is 0 Å². The van der Waals surface area contributed by atoms with Gasteiger partial charge in [0.25, 0.3) is 0 Å². The Balaban J connectivity index is 1.18. The summed E-state index contributed by atoms with van der Waals surface area (Å²) in [5, 5.41) is 12.3. The van der Waals surface area contributed by atoms with E-state index in [1.807, 2.05) is 35.2 Å². The van der Waals surface area contributed by atoms with Crippen LogP contribution in [0, 0.1) is 5.92 Å². The Bertz CT molecular complexity index is 1080. The number of likely N-dealkylation sites (tertiary alicyclic amines) is 2. The number of aromatic nitrogens is 1. The van der Waals surface area contributed by atoms with Crippen LogP contribution in [0.3, 0.4) is 0 Å². The van der Waals surface area contributed by atoms with E-state index in [4.69, 9.17) is 4.74 Å². The second-order valence-electron chi connectivity index (χ2n) is 9.59. The lowest BCUT2D eigenvalue weighted by Gasteiger charge is -2.38. The second-order valence-corrected chi connectivity index (χ2v) is 9.59. The molecule has 5 rings (SSSR count). The lowest BCUT2D eigenvalue weighted by Crippen LogP contribution is -2.54. The van der Waals surface area contributed by atoms with Crippen LogP contribution in [0.15, 0.2) is 59.0 Å². The molecule has 1 aromatic carbocycles. The highest BCUT2D eigenvalue weighted by Crippen LogP contribution is 2.40. The molecule has 0 aliphatic carbocycles. The summed E-state index contributed by atoms with van der Waals surface area (Å²) in [4.78, 5) is 33.7. The molecule has 2 fully saturated rings. The molecule has 2 amide bonds. The number of nitrogens with zero attached hydrogens (tertiary/aromatic N) is 5. The average molecular weight is 477 g/mol. The molecule has 4 heterocycles. The van der Waals surface area contributed by atoms with E-state index >= 15 is 0 Å². The van der Waals surface area contributed by atoms with Crippen LogP contribution in [-0.4, -0.2) is 72.2 Å². The van der Waals surface area contributed by atoms with E-state index in [0.717, 1.165) is 43.5 Å². The third-order valence-electron chi connectivity index (χ3n) is 7.35. The fourth-order valence-electron chi connectivity index (χ4n) is 5.52. The summed E-state index contributed by atoms with van der Waals surface area (Å²) in [6, 6.07) is 11.8. The van der Waals surface area contributed by atoms with Gasteiger partial charge in [0.05, 0.1) is 18.7 Å². The first-order valence-corrected chi connectivity index (χ1v) is 12.4. The molecule has 0 spiro atoms.